The summed E-state index contributed by atoms with van der Waals surface area (Å²) in [5.74, 6) is 0.317. The Labute approximate surface area is 155 Å². The standard InChI is InChI=1S/C22H26N2O2/c1-15(2)16(3)7-8-17(4)22(26)24-14-19(6-5-11-25)20-10-9-18(13-23)12-21(20)24/h7,9-12,14-15,17H,5-6,8H2,1-4H3/b16-7+. The molecule has 1 aromatic heterocycles. The van der Waals surface area contributed by atoms with E-state index in [4.69, 9.17) is 0 Å². The van der Waals surface area contributed by atoms with Gasteiger partial charge in [-0.05, 0) is 43.4 Å². The molecule has 0 aliphatic rings. The number of nitriles is 1. The third-order valence-electron chi connectivity index (χ3n) is 4.91. The van der Waals surface area contributed by atoms with Crippen LogP contribution in [0.3, 0.4) is 0 Å². The van der Waals surface area contributed by atoms with E-state index in [1.54, 1.807) is 16.7 Å². The number of hydrogen-bond acceptors (Lipinski definition) is 3. The van der Waals surface area contributed by atoms with Crippen LogP contribution in [-0.4, -0.2) is 16.8 Å². The van der Waals surface area contributed by atoms with Crippen molar-refractivity contribution in [2.45, 2.75) is 47.0 Å². The Morgan fingerprint density at radius 2 is 2.04 bits per heavy atom. The highest BCUT2D eigenvalue weighted by atomic mass is 16.2. The molecule has 1 aromatic carbocycles. The lowest BCUT2D eigenvalue weighted by Crippen LogP contribution is -2.18. The van der Waals surface area contributed by atoms with Crippen molar-refractivity contribution in [3.05, 3.63) is 47.2 Å². The molecule has 0 saturated carbocycles. The van der Waals surface area contributed by atoms with Gasteiger partial charge >= 0.3 is 0 Å². The molecule has 1 atom stereocenters. The molecule has 136 valence electrons. The lowest BCUT2D eigenvalue weighted by molar-refractivity contribution is -0.107. The van der Waals surface area contributed by atoms with Gasteiger partial charge in [0.05, 0.1) is 17.1 Å². The van der Waals surface area contributed by atoms with E-state index in [0.29, 0.717) is 30.7 Å². The van der Waals surface area contributed by atoms with Crippen molar-refractivity contribution in [2.24, 2.45) is 11.8 Å². The van der Waals surface area contributed by atoms with E-state index in [2.05, 4.69) is 32.9 Å². The Morgan fingerprint density at radius 3 is 2.65 bits per heavy atom. The van der Waals surface area contributed by atoms with Gasteiger partial charge in [-0.1, -0.05) is 38.5 Å². The first-order valence-electron chi connectivity index (χ1n) is 9.07. The number of fused-ring (bicyclic) bond motifs is 1. The maximum absolute atomic E-state index is 13.0. The summed E-state index contributed by atoms with van der Waals surface area (Å²) < 4.78 is 1.65. The number of carbonyl (C=O) groups excluding carboxylic acids is 2. The molecule has 0 bridgehead atoms. The van der Waals surface area contributed by atoms with Crippen LogP contribution in [0.5, 0.6) is 0 Å². The molecule has 0 saturated heterocycles. The fourth-order valence-electron chi connectivity index (χ4n) is 2.90. The van der Waals surface area contributed by atoms with Crippen LogP contribution in [0.1, 0.15) is 56.5 Å². The van der Waals surface area contributed by atoms with Crippen LogP contribution in [0.4, 0.5) is 0 Å². The summed E-state index contributed by atoms with van der Waals surface area (Å²) in [7, 11) is 0. The average molecular weight is 350 g/mol. The number of aryl methyl sites for hydroxylation is 1. The van der Waals surface area contributed by atoms with Gasteiger partial charge in [-0.3, -0.25) is 9.36 Å². The quantitative estimate of drug-likeness (QED) is 0.526. The van der Waals surface area contributed by atoms with Gasteiger partial charge in [0.25, 0.3) is 0 Å². The van der Waals surface area contributed by atoms with Gasteiger partial charge in [0.15, 0.2) is 0 Å². The minimum absolute atomic E-state index is 0.00949. The second-order valence-corrected chi connectivity index (χ2v) is 7.15. The van der Waals surface area contributed by atoms with Crippen LogP contribution >= 0.6 is 0 Å². The molecule has 1 heterocycles. The summed E-state index contributed by atoms with van der Waals surface area (Å²) in [6, 6.07) is 7.49. The number of hydrogen-bond donors (Lipinski definition) is 0. The van der Waals surface area contributed by atoms with E-state index in [0.717, 1.165) is 22.8 Å². The lowest BCUT2D eigenvalue weighted by atomic mass is 9.99. The van der Waals surface area contributed by atoms with E-state index in [9.17, 15) is 14.9 Å². The molecule has 26 heavy (non-hydrogen) atoms. The number of carbonyl (C=O) groups is 2. The molecule has 0 N–H and O–H groups in total. The van der Waals surface area contributed by atoms with Crippen LogP contribution in [-0.2, 0) is 11.2 Å². The highest BCUT2D eigenvalue weighted by Crippen LogP contribution is 2.25. The Bertz CT molecular complexity index is 881. The number of nitrogens with zero attached hydrogens (tertiary/aromatic N) is 2. The zero-order valence-electron chi connectivity index (χ0n) is 16.0. The normalized spacial score (nSPS) is 13.0. The summed E-state index contributed by atoms with van der Waals surface area (Å²) >= 11 is 0. The maximum Gasteiger partial charge on any atom is 0.234 e. The van der Waals surface area contributed by atoms with Crippen molar-refractivity contribution in [2.75, 3.05) is 0 Å². The second kappa shape index (κ2) is 8.62. The first-order valence-corrected chi connectivity index (χ1v) is 9.07. The van der Waals surface area contributed by atoms with Crippen molar-refractivity contribution >= 4 is 23.1 Å². The summed E-state index contributed by atoms with van der Waals surface area (Å²) in [6.07, 6.45) is 6.53. The van der Waals surface area contributed by atoms with Gasteiger partial charge in [-0.15, -0.1) is 0 Å². The van der Waals surface area contributed by atoms with Gasteiger partial charge in [0.1, 0.15) is 6.29 Å². The fourth-order valence-corrected chi connectivity index (χ4v) is 2.90. The topological polar surface area (TPSA) is 62.9 Å². The number of aldehydes is 1. The van der Waals surface area contributed by atoms with Crippen LogP contribution in [0.25, 0.3) is 10.9 Å². The summed E-state index contributed by atoms with van der Waals surface area (Å²) in [5, 5.41) is 10.1. The largest absolute Gasteiger partial charge is 0.303 e. The summed E-state index contributed by atoms with van der Waals surface area (Å²) in [5.41, 5.74) is 3.51. The van der Waals surface area contributed by atoms with Gasteiger partial charge < -0.3 is 4.79 Å². The van der Waals surface area contributed by atoms with Crippen molar-refractivity contribution in [1.82, 2.24) is 4.57 Å². The average Bonchev–Trinajstić information content (AvgIpc) is 3.00. The zero-order valence-corrected chi connectivity index (χ0v) is 16.0. The lowest BCUT2D eigenvalue weighted by Gasteiger charge is -2.12. The Hall–Kier alpha value is -2.67. The van der Waals surface area contributed by atoms with E-state index in [1.807, 2.05) is 19.2 Å². The van der Waals surface area contributed by atoms with Crippen molar-refractivity contribution in [3.63, 3.8) is 0 Å². The van der Waals surface area contributed by atoms with Crippen LogP contribution in [0.15, 0.2) is 36.0 Å². The third kappa shape index (κ3) is 4.29. The number of aromatic nitrogens is 1. The van der Waals surface area contributed by atoms with Crippen molar-refractivity contribution in [1.29, 1.82) is 5.26 Å². The predicted molar refractivity (Wildman–Crippen MR) is 104 cm³/mol. The number of benzene rings is 1. The van der Waals surface area contributed by atoms with Gasteiger partial charge in [-0.2, -0.15) is 5.26 Å². The fraction of sp³-hybridized carbons (Fsp3) is 0.409. The highest BCUT2D eigenvalue weighted by molar-refractivity contribution is 5.96. The molecule has 4 heteroatoms. The van der Waals surface area contributed by atoms with E-state index in [-0.39, 0.29) is 11.8 Å². The van der Waals surface area contributed by atoms with Crippen LogP contribution in [0.2, 0.25) is 0 Å². The molecular weight excluding hydrogens is 324 g/mol. The molecule has 0 spiro atoms. The molecule has 0 radical (unpaired) electrons. The minimum Gasteiger partial charge on any atom is -0.303 e. The van der Waals surface area contributed by atoms with E-state index >= 15 is 0 Å². The minimum atomic E-state index is -0.163. The second-order valence-electron chi connectivity index (χ2n) is 7.15. The van der Waals surface area contributed by atoms with Crippen molar-refractivity contribution < 1.29 is 9.59 Å². The van der Waals surface area contributed by atoms with E-state index in [1.165, 1.54) is 5.57 Å². The first-order chi connectivity index (χ1) is 12.4. The Morgan fingerprint density at radius 1 is 1.31 bits per heavy atom. The predicted octanol–water partition coefficient (Wildman–Crippen LogP) is 4.91. The first kappa shape index (κ1) is 19.7. The third-order valence-corrected chi connectivity index (χ3v) is 4.91. The van der Waals surface area contributed by atoms with Gasteiger partial charge in [-0.25, -0.2) is 0 Å². The Balaban J connectivity index is 2.40. The van der Waals surface area contributed by atoms with Crippen molar-refractivity contribution in [3.8, 4) is 6.07 Å². The van der Waals surface area contributed by atoms with Crippen LogP contribution in [0, 0.1) is 23.2 Å². The molecule has 1 unspecified atom stereocenters. The zero-order chi connectivity index (χ0) is 19.3. The highest BCUT2D eigenvalue weighted by Gasteiger charge is 2.19. The number of allylic oxidation sites excluding steroid dienone is 2. The van der Waals surface area contributed by atoms with Gasteiger partial charge in [0, 0.05) is 23.9 Å². The maximum atomic E-state index is 13.0. The summed E-state index contributed by atoms with van der Waals surface area (Å²) in [6.45, 7) is 8.29. The van der Waals surface area contributed by atoms with E-state index < -0.39 is 0 Å². The number of rotatable bonds is 7. The molecule has 4 nitrogen and oxygen atoms in total. The molecule has 0 aliphatic heterocycles. The summed E-state index contributed by atoms with van der Waals surface area (Å²) in [4.78, 5) is 23.8. The monoisotopic (exact) mass is 350 g/mol. The molecular formula is C22H26N2O2. The van der Waals surface area contributed by atoms with Gasteiger partial charge in [0.2, 0.25) is 5.91 Å². The smallest absolute Gasteiger partial charge is 0.234 e. The molecule has 2 aromatic rings. The SMILES string of the molecule is C/C(=C\CC(C)C(=O)n1cc(CCC=O)c2ccc(C#N)cc21)C(C)C. The molecule has 0 amide bonds. The Kier molecular flexibility index (Phi) is 6.52. The molecule has 0 aliphatic carbocycles. The van der Waals surface area contributed by atoms with Crippen LogP contribution < -0.4 is 0 Å². The molecule has 2 rings (SSSR count). The molecule has 0 fully saturated rings.